The van der Waals surface area contributed by atoms with Crippen molar-refractivity contribution in [1.29, 1.82) is 0 Å². The number of nitrogens with one attached hydrogen (secondary N) is 1. The highest BCUT2D eigenvalue weighted by Crippen LogP contribution is 2.24. The van der Waals surface area contributed by atoms with Crippen LogP contribution >= 0.6 is 0 Å². The van der Waals surface area contributed by atoms with Crippen LogP contribution in [0.25, 0.3) is 0 Å². The summed E-state index contributed by atoms with van der Waals surface area (Å²) in [6, 6.07) is 6.56. The van der Waals surface area contributed by atoms with Gasteiger partial charge in [0, 0.05) is 5.69 Å². The molecule has 0 amide bonds. The number of fused-ring (bicyclic) bond motifs is 1. The Balaban J connectivity index is 2.38. The van der Waals surface area contributed by atoms with Gasteiger partial charge in [0.25, 0.3) is 0 Å². The summed E-state index contributed by atoms with van der Waals surface area (Å²) in [7, 11) is 0. The first kappa shape index (κ1) is 8.30. The van der Waals surface area contributed by atoms with E-state index in [-0.39, 0.29) is 0 Å². The number of hydrogen-bond acceptors (Lipinski definition) is 2. The van der Waals surface area contributed by atoms with Crippen molar-refractivity contribution in [2.75, 3.05) is 5.32 Å². The van der Waals surface area contributed by atoms with E-state index in [1.54, 1.807) is 6.34 Å². The van der Waals surface area contributed by atoms with Crippen LogP contribution in [0.2, 0.25) is 0 Å². The molecule has 0 unspecified atom stereocenters. The molecular weight excluding hydrogens is 160 g/mol. The van der Waals surface area contributed by atoms with Crippen LogP contribution in [0, 0.1) is 0 Å². The van der Waals surface area contributed by atoms with Gasteiger partial charge in [0.1, 0.15) is 0 Å². The minimum atomic E-state index is 0.589. The van der Waals surface area contributed by atoms with Gasteiger partial charge in [-0.2, -0.15) is 0 Å². The summed E-state index contributed by atoms with van der Waals surface area (Å²) < 4.78 is 0. The number of hydrogen-bond donors (Lipinski definition) is 1. The third-order valence-corrected chi connectivity index (χ3v) is 2.37. The van der Waals surface area contributed by atoms with Crippen LogP contribution in [0.4, 0.5) is 5.69 Å². The number of rotatable bonds is 1. The first-order chi connectivity index (χ1) is 6.27. The van der Waals surface area contributed by atoms with E-state index in [4.69, 9.17) is 0 Å². The fraction of sp³-hybridized carbons (Fsp3) is 0.364. The first-order valence-corrected chi connectivity index (χ1v) is 4.65. The number of nitrogens with zero attached hydrogens (tertiary/aromatic N) is 1. The molecule has 1 aliphatic rings. The summed E-state index contributed by atoms with van der Waals surface area (Å²) in [6.45, 7) is 5.22. The maximum atomic E-state index is 4.16. The highest BCUT2D eigenvalue weighted by Gasteiger charge is 2.07. The number of anilines is 1. The molecule has 1 aromatic rings. The molecule has 68 valence electrons. The molecule has 13 heavy (non-hydrogen) atoms. The van der Waals surface area contributed by atoms with Crippen molar-refractivity contribution in [2.24, 2.45) is 4.99 Å². The fourth-order valence-electron chi connectivity index (χ4n) is 1.48. The van der Waals surface area contributed by atoms with Crippen molar-refractivity contribution in [3.8, 4) is 0 Å². The van der Waals surface area contributed by atoms with E-state index in [0.717, 1.165) is 6.54 Å². The standard InChI is InChI=1S/C11H14N2/c1-8(2)9-3-4-10-6-12-7-13-11(10)5-9/h3-5,7-8H,6H2,1-2H3,(H,12,13). The predicted octanol–water partition coefficient (Wildman–Crippen LogP) is 2.76. The zero-order chi connectivity index (χ0) is 9.26. The normalized spacial score (nSPS) is 14.1. The SMILES string of the molecule is CC(C)c1ccc2c(c1)NC=NC2. The van der Waals surface area contributed by atoms with E-state index < -0.39 is 0 Å². The molecule has 2 rings (SSSR count). The fourth-order valence-corrected chi connectivity index (χ4v) is 1.48. The highest BCUT2D eigenvalue weighted by atomic mass is 15.0. The molecule has 0 atom stereocenters. The molecule has 0 aliphatic carbocycles. The van der Waals surface area contributed by atoms with Gasteiger partial charge in [-0.25, -0.2) is 0 Å². The zero-order valence-corrected chi connectivity index (χ0v) is 8.04. The highest BCUT2D eigenvalue weighted by molar-refractivity contribution is 5.79. The van der Waals surface area contributed by atoms with E-state index in [1.807, 2.05) is 0 Å². The molecule has 0 radical (unpaired) electrons. The Hall–Kier alpha value is -1.31. The molecular formula is C11H14N2. The molecule has 0 bridgehead atoms. The van der Waals surface area contributed by atoms with E-state index in [9.17, 15) is 0 Å². The Kier molecular flexibility index (Phi) is 2.05. The average Bonchev–Trinajstić information content (AvgIpc) is 2.17. The summed E-state index contributed by atoms with van der Waals surface area (Å²) in [5.74, 6) is 0.589. The van der Waals surface area contributed by atoms with Crippen LogP contribution in [-0.2, 0) is 6.54 Å². The molecule has 0 saturated heterocycles. The van der Waals surface area contributed by atoms with Crippen LogP contribution in [0.1, 0.15) is 30.9 Å². The van der Waals surface area contributed by atoms with Gasteiger partial charge in [0.15, 0.2) is 0 Å². The molecule has 0 aromatic heterocycles. The molecule has 0 spiro atoms. The van der Waals surface area contributed by atoms with E-state index in [0.29, 0.717) is 5.92 Å². The predicted molar refractivity (Wildman–Crippen MR) is 56.3 cm³/mol. The maximum Gasteiger partial charge on any atom is 0.0872 e. The second-order valence-electron chi connectivity index (χ2n) is 3.69. The quantitative estimate of drug-likeness (QED) is 0.695. The Bertz CT molecular complexity index is 340. The smallest absolute Gasteiger partial charge is 0.0872 e. The van der Waals surface area contributed by atoms with Crippen LogP contribution in [0.15, 0.2) is 23.2 Å². The minimum absolute atomic E-state index is 0.589. The number of aliphatic imine (C=N–C) groups is 1. The molecule has 0 saturated carbocycles. The monoisotopic (exact) mass is 174 g/mol. The summed E-state index contributed by atoms with van der Waals surface area (Å²) in [6.07, 6.45) is 1.77. The third-order valence-electron chi connectivity index (χ3n) is 2.37. The molecule has 0 fully saturated rings. The van der Waals surface area contributed by atoms with Gasteiger partial charge in [-0.3, -0.25) is 4.99 Å². The molecule has 2 nitrogen and oxygen atoms in total. The topological polar surface area (TPSA) is 24.4 Å². The van der Waals surface area contributed by atoms with Crippen LogP contribution < -0.4 is 5.32 Å². The van der Waals surface area contributed by atoms with Gasteiger partial charge in [0.2, 0.25) is 0 Å². The Morgan fingerprint density at radius 2 is 2.23 bits per heavy atom. The largest absolute Gasteiger partial charge is 0.346 e. The third kappa shape index (κ3) is 1.57. The second kappa shape index (κ2) is 3.21. The molecule has 1 N–H and O–H groups in total. The molecule has 1 aromatic carbocycles. The van der Waals surface area contributed by atoms with Crippen molar-refractivity contribution in [1.82, 2.24) is 0 Å². The van der Waals surface area contributed by atoms with Crippen molar-refractivity contribution in [3.63, 3.8) is 0 Å². The van der Waals surface area contributed by atoms with E-state index in [1.165, 1.54) is 16.8 Å². The molecule has 1 heterocycles. The molecule has 1 aliphatic heterocycles. The van der Waals surface area contributed by atoms with Gasteiger partial charge < -0.3 is 5.32 Å². The van der Waals surface area contributed by atoms with Gasteiger partial charge >= 0.3 is 0 Å². The van der Waals surface area contributed by atoms with E-state index in [2.05, 4.69) is 42.4 Å². The lowest BCUT2D eigenvalue weighted by Gasteiger charge is -2.14. The Labute approximate surface area is 78.7 Å². The lowest BCUT2D eigenvalue weighted by molar-refractivity contribution is 0.864. The number of benzene rings is 1. The lowest BCUT2D eigenvalue weighted by atomic mass is 10.00. The van der Waals surface area contributed by atoms with E-state index >= 15 is 0 Å². The average molecular weight is 174 g/mol. The second-order valence-corrected chi connectivity index (χ2v) is 3.69. The van der Waals surface area contributed by atoms with Gasteiger partial charge in [-0.1, -0.05) is 26.0 Å². The molecule has 2 heteroatoms. The summed E-state index contributed by atoms with van der Waals surface area (Å²) in [5.41, 5.74) is 3.87. The maximum absolute atomic E-state index is 4.16. The summed E-state index contributed by atoms with van der Waals surface area (Å²) >= 11 is 0. The first-order valence-electron chi connectivity index (χ1n) is 4.65. The van der Waals surface area contributed by atoms with Crippen molar-refractivity contribution >= 4 is 12.0 Å². The Morgan fingerprint density at radius 1 is 1.38 bits per heavy atom. The van der Waals surface area contributed by atoms with Crippen molar-refractivity contribution < 1.29 is 0 Å². The van der Waals surface area contributed by atoms with Gasteiger partial charge in [-0.15, -0.1) is 0 Å². The van der Waals surface area contributed by atoms with Crippen LogP contribution in [-0.4, -0.2) is 6.34 Å². The minimum Gasteiger partial charge on any atom is -0.346 e. The lowest BCUT2D eigenvalue weighted by Crippen LogP contribution is -2.05. The van der Waals surface area contributed by atoms with Crippen LogP contribution in [0.3, 0.4) is 0 Å². The van der Waals surface area contributed by atoms with Crippen LogP contribution in [0.5, 0.6) is 0 Å². The van der Waals surface area contributed by atoms with Crippen molar-refractivity contribution in [2.45, 2.75) is 26.3 Å². The van der Waals surface area contributed by atoms with Crippen molar-refractivity contribution in [3.05, 3.63) is 29.3 Å². The van der Waals surface area contributed by atoms with Gasteiger partial charge in [-0.05, 0) is 23.1 Å². The van der Waals surface area contributed by atoms with Gasteiger partial charge in [0.05, 0.1) is 12.9 Å². The summed E-state index contributed by atoms with van der Waals surface area (Å²) in [4.78, 5) is 4.16. The zero-order valence-electron chi connectivity index (χ0n) is 8.04. The summed E-state index contributed by atoms with van der Waals surface area (Å²) in [5, 5.41) is 3.17. The Morgan fingerprint density at radius 3 is 3.00 bits per heavy atom.